The second-order valence-corrected chi connectivity index (χ2v) is 4.89. The van der Waals surface area contributed by atoms with Crippen LogP contribution in [0, 0.1) is 0 Å². The number of nitrogens with zero attached hydrogens (tertiary/aromatic N) is 1. The van der Waals surface area contributed by atoms with E-state index in [1.54, 1.807) is 6.08 Å². The van der Waals surface area contributed by atoms with Crippen molar-refractivity contribution in [2.45, 2.75) is 53.4 Å². The Balaban J connectivity index is 3.94. The largest absolute Gasteiger partial charge is 0.307 e. The summed E-state index contributed by atoms with van der Waals surface area (Å²) in [5.74, 6) is 0.0457. The number of unbranched alkanes of at least 4 members (excludes halogenated alkanes) is 3. The molecule has 106 valence electrons. The third kappa shape index (κ3) is 6.80. The molecule has 1 amide bonds. The van der Waals surface area contributed by atoms with E-state index in [0.29, 0.717) is 0 Å². The van der Waals surface area contributed by atoms with Gasteiger partial charge in [-0.15, -0.1) is 0 Å². The SMILES string of the molecule is CCCCC/C=C/C(=O)NC[N+](CC)(CC)CC. The number of hydrogen-bond donors (Lipinski definition) is 1. The summed E-state index contributed by atoms with van der Waals surface area (Å²) in [7, 11) is 0. The quantitative estimate of drug-likeness (QED) is 0.276. The van der Waals surface area contributed by atoms with Crippen LogP contribution in [0.1, 0.15) is 53.4 Å². The lowest BCUT2D eigenvalue weighted by Crippen LogP contribution is -2.53. The molecule has 0 atom stereocenters. The normalized spacial score (nSPS) is 12.0. The summed E-state index contributed by atoms with van der Waals surface area (Å²) in [5, 5.41) is 3.01. The van der Waals surface area contributed by atoms with Gasteiger partial charge in [-0.3, -0.25) is 4.79 Å². The van der Waals surface area contributed by atoms with Gasteiger partial charge in [-0.25, -0.2) is 0 Å². The summed E-state index contributed by atoms with van der Waals surface area (Å²) in [6.45, 7) is 12.7. The van der Waals surface area contributed by atoms with Crippen molar-refractivity contribution in [3.8, 4) is 0 Å². The molecule has 0 saturated heterocycles. The first kappa shape index (κ1) is 17.2. The standard InChI is InChI=1S/C15H30N2O/c1-5-9-10-11-12-13-15(18)16-14-17(6-2,7-3)8-4/h12-13H,5-11,14H2,1-4H3/p+1/b13-12+. The van der Waals surface area contributed by atoms with Gasteiger partial charge >= 0.3 is 0 Å². The first-order chi connectivity index (χ1) is 8.64. The average molecular weight is 255 g/mol. The Morgan fingerprint density at radius 1 is 1.06 bits per heavy atom. The molecular weight excluding hydrogens is 224 g/mol. The molecule has 3 nitrogen and oxygen atoms in total. The van der Waals surface area contributed by atoms with E-state index in [1.807, 2.05) is 6.08 Å². The molecular formula is C15H31N2O+. The molecule has 0 aromatic heterocycles. The number of rotatable bonds is 10. The van der Waals surface area contributed by atoms with Gasteiger partial charge < -0.3 is 9.80 Å². The molecule has 0 aromatic carbocycles. The van der Waals surface area contributed by atoms with Crippen molar-refractivity contribution in [1.82, 2.24) is 5.32 Å². The Kier molecular flexibility index (Phi) is 9.66. The molecule has 0 aliphatic rings. The summed E-state index contributed by atoms with van der Waals surface area (Å²) in [5.41, 5.74) is 0. The maximum Gasteiger partial charge on any atom is 0.247 e. The van der Waals surface area contributed by atoms with Crippen LogP contribution >= 0.6 is 0 Å². The highest BCUT2D eigenvalue weighted by Gasteiger charge is 2.20. The Morgan fingerprint density at radius 2 is 1.67 bits per heavy atom. The van der Waals surface area contributed by atoms with Crippen LogP contribution in [0.3, 0.4) is 0 Å². The van der Waals surface area contributed by atoms with Crippen LogP contribution in [0.25, 0.3) is 0 Å². The van der Waals surface area contributed by atoms with E-state index in [0.717, 1.165) is 37.2 Å². The van der Waals surface area contributed by atoms with E-state index in [-0.39, 0.29) is 5.91 Å². The van der Waals surface area contributed by atoms with Gasteiger partial charge in [0.15, 0.2) is 6.67 Å². The van der Waals surface area contributed by atoms with E-state index >= 15 is 0 Å². The highest BCUT2D eigenvalue weighted by atomic mass is 16.1. The van der Waals surface area contributed by atoms with Crippen LogP contribution in [0.4, 0.5) is 0 Å². The highest BCUT2D eigenvalue weighted by molar-refractivity contribution is 5.87. The van der Waals surface area contributed by atoms with E-state index in [4.69, 9.17) is 0 Å². The monoisotopic (exact) mass is 255 g/mol. The molecule has 1 N–H and O–H groups in total. The molecule has 0 saturated carbocycles. The summed E-state index contributed by atoms with van der Waals surface area (Å²) in [6.07, 6.45) is 8.33. The Morgan fingerprint density at radius 3 is 2.17 bits per heavy atom. The average Bonchev–Trinajstić information content (AvgIpc) is 2.41. The number of carbonyl (C=O) groups is 1. The molecule has 0 radical (unpaired) electrons. The van der Waals surface area contributed by atoms with Gasteiger partial charge in [-0.2, -0.15) is 0 Å². The van der Waals surface area contributed by atoms with Gasteiger partial charge in [0, 0.05) is 0 Å². The molecule has 0 aliphatic carbocycles. The zero-order valence-corrected chi connectivity index (χ0v) is 12.7. The van der Waals surface area contributed by atoms with Crippen LogP contribution < -0.4 is 5.32 Å². The smallest absolute Gasteiger partial charge is 0.247 e. The fraction of sp³-hybridized carbons (Fsp3) is 0.800. The lowest BCUT2D eigenvalue weighted by atomic mass is 10.2. The lowest BCUT2D eigenvalue weighted by molar-refractivity contribution is -0.924. The van der Waals surface area contributed by atoms with E-state index < -0.39 is 0 Å². The minimum absolute atomic E-state index is 0.0457. The number of carbonyl (C=O) groups excluding carboxylic acids is 1. The minimum Gasteiger partial charge on any atom is -0.307 e. The molecule has 0 aromatic rings. The topological polar surface area (TPSA) is 29.1 Å². The van der Waals surface area contributed by atoms with Gasteiger partial charge in [-0.05, 0) is 39.7 Å². The van der Waals surface area contributed by atoms with Crippen molar-refractivity contribution in [1.29, 1.82) is 0 Å². The van der Waals surface area contributed by atoms with E-state index in [2.05, 4.69) is 33.0 Å². The van der Waals surface area contributed by atoms with Crippen LogP contribution in [0.2, 0.25) is 0 Å². The van der Waals surface area contributed by atoms with Crippen LogP contribution in [0.15, 0.2) is 12.2 Å². The van der Waals surface area contributed by atoms with Crippen molar-refractivity contribution in [2.75, 3.05) is 26.3 Å². The Labute approximate surface area is 113 Å². The van der Waals surface area contributed by atoms with Crippen molar-refractivity contribution in [3.63, 3.8) is 0 Å². The second kappa shape index (κ2) is 10.1. The summed E-state index contributed by atoms with van der Waals surface area (Å²) in [6, 6.07) is 0. The third-order valence-electron chi connectivity index (χ3n) is 3.84. The van der Waals surface area contributed by atoms with E-state index in [1.165, 1.54) is 19.3 Å². The maximum atomic E-state index is 11.7. The fourth-order valence-corrected chi connectivity index (χ4v) is 2.01. The molecule has 18 heavy (non-hydrogen) atoms. The van der Waals surface area contributed by atoms with Gasteiger partial charge in [0.1, 0.15) is 0 Å². The first-order valence-corrected chi connectivity index (χ1v) is 7.43. The van der Waals surface area contributed by atoms with Crippen LogP contribution in [0.5, 0.6) is 0 Å². The molecule has 0 fully saturated rings. The molecule has 0 rings (SSSR count). The summed E-state index contributed by atoms with van der Waals surface area (Å²) < 4.78 is 0.954. The predicted molar refractivity (Wildman–Crippen MR) is 78.2 cm³/mol. The van der Waals surface area contributed by atoms with Crippen molar-refractivity contribution in [2.24, 2.45) is 0 Å². The zero-order chi connectivity index (χ0) is 13.9. The molecule has 0 aliphatic heterocycles. The Hall–Kier alpha value is -0.830. The predicted octanol–water partition coefficient (Wildman–Crippen LogP) is 3.07. The number of hydrogen-bond acceptors (Lipinski definition) is 1. The van der Waals surface area contributed by atoms with Crippen LogP contribution in [-0.4, -0.2) is 36.7 Å². The lowest BCUT2D eigenvalue weighted by Gasteiger charge is -2.35. The number of quaternary nitrogens is 1. The van der Waals surface area contributed by atoms with Gasteiger partial charge in [0.05, 0.1) is 19.6 Å². The highest BCUT2D eigenvalue weighted by Crippen LogP contribution is 2.03. The number of amides is 1. The summed E-state index contributed by atoms with van der Waals surface area (Å²) >= 11 is 0. The zero-order valence-electron chi connectivity index (χ0n) is 12.7. The number of allylic oxidation sites excluding steroid dienone is 1. The Bertz CT molecular complexity index is 237. The number of nitrogens with one attached hydrogen (secondary N) is 1. The second-order valence-electron chi connectivity index (χ2n) is 4.89. The van der Waals surface area contributed by atoms with Crippen molar-refractivity contribution >= 4 is 5.91 Å². The fourth-order valence-electron chi connectivity index (χ4n) is 2.01. The minimum atomic E-state index is 0.0457. The third-order valence-corrected chi connectivity index (χ3v) is 3.84. The van der Waals surface area contributed by atoms with Gasteiger partial charge in [-0.1, -0.05) is 25.8 Å². The first-order valence-electron chi connectivity index (χ1n) is 7.43. The molecule has 0 unspecified atom stereocenters. The van der Waals surface area contributed by atoms with E-state index in [9.17, 15) is 4.79 Å². The molecule has 0 bridgehead atoms. The van der Waals surface area contributed by atoms with Crippen molar-refractivity contribution < 1.29 is 9.28 Å². The maximum absolute atomic E-state index is 11.7. The van der Waals surface area contributed by atoms with Gasteiger partial charge in [0.25, 0.3) is 0 Å². The molecule has 0 spiro atoms. The summed E-state index contributed by atoms with van der Waals surface area (Å²) in [4.78, 5) is 11.7. The van der Waals surface area contributed by atoms with Gasteiger partial charge in [0.2, 0.25) is 5.91 Å². The molecule has 3 heteroatoms. The van der Waals surface area contributed by atoms with Crippen LogP contribution in [-0.2, 0) is 4.79 Å². The molecule has 0 heterocycles. The van der Waals surface area contributed by atoms with Crippen molar-refractivity contribution in [3.05, 3.63) is 12.2 Å².